The van der Waals surface area contributed by atoms with Crippen LogP contribution in [0.3, 0.4) is 0 Å². The molecule has 0 aliphatic carbocycles. The Morgan fingerprint density at radius 2 is 2.00 bits per heavy atom. The van der Waals surface area contributed by atoms with Gasteiger partial charge in [0.15, 0.2) is 5.16 Å². The van der Waals surface area contributed by atoms with Crippen LogP contribution in [0.5, 0.6) is 5.75 Å². The molecule has 24 heavy (non-hydrogen) atoms. The third-order valence-corrected chi connectivity index (χ3v) is 4.22. The number of nitrogens with one attached hydrogen (secondary N) is 1. The Morgan fingerprint density at radius 3 is 2.71 bits per heavy atom. The van der Waals surface area contributed by atoms with Gasteiger partial charge in [0.2, 0.25) is 0 Å². The first-order valence-corrected chi connectivity index (χ1v) is 8.09. The number of hydrogen-bond donors (Lipinski definition) is 1. The van der Waals surface area contributed by atoms with Crippen molar-refractivity contribution in [2.45, 2.75) is 31.1 Å². The number of thioether (sulfide) groups is 1. The Labute approximate surface area is 140 Å². The predicted octanol–water partition coefficient (Wildman–Crippen LogP) is 4.77. The molecular formula is C16H14F3N3OS. The van der Waals surface area contributed by atoms with E-state index >= 15 is 0 Å². The normalized spacial score (nSPS) is 11.9. The van der Waals surface area contributed by atoms with Crippen LogP contribution >= 0.6 is 11.8 Å². The van der Waals surface area contributed by atoms with Gasteiger partial charge in [0.1, 0.15) is 5.75 Å². The molecule has 2 aromatic heterocycles. The van der Waals surface area contributed by atoms with Crippen LogP contribution in [0.1, 0.15) is 16.8 Å². The molecule has 126 valence electrons. The fourth-order valence-corrected chi connectivity index (χ4v) is 3.18. The molecule has 8 heteroatoms. The summed E-state index contributed by atoms with van der Waals surface area (Å²) in [5.74, 6) is 0.351. The van der Waals surface area contributed by atoms with E-state index in [2.05, 4.69) is 25.8 Å². The number of rotatable bonds is 4. The predicted molar refractivity (Wildman–Crippen MR) is 86.0 cm³/mol. The number of H-pyrrole nitrogens is 1. The molecule has 4 nitrogen and oxygen atoms in total. The molecule has 0 fully saturated rings. The van der Waals surface area contributed by atoms with Gasteiger partial charge < -0.3 is 9.72 Å². The number of alkyl halides is 3. The molecule has 1 aromatic carbocycles. The quantitative estimate of drug-likeness (QED) is 0.687. The Balaban J connectivity index is 1.75. The van der Waals surface area contributed by atoms with Crippen LogP contribution in [0.25, 0.3) is 11.0 Å². The summed E-state index contributed by atoms with van der Waals surface area (Å²) in [6, 6.07) is 6.08. The van der Waals surface area contributed by atoms with Crippen molar-refractivity contribution >= 4 is 22.8 Å². The molecule has 0 atom stereocenters. The van der Waals surface area contributed by atoms with Gasteiger partial charge in [0.25, 0.3) is 0 Å². The average Bonchev–Trinajstić information content (AvgIpc) is 2.86. The van der Waals surface area contributed by atoms with Crippen molar-refractivity contribution in [2.24, 2.45) is 0 Å². The maximum atomic E-state index is 12.3. The second-order valence-corrected chi connectivity index (χ2v) is 6.30. The number of imidazole rings is 1. The third-order valence-electron chi connectivity index (χ3n) is 3.33. The Hall–Kier alpha value is -2.22. The minimum absolute atomic E-state index is 0.272. The van der Waals surface area contributed by atoms with Gasteiger partial charge in [0, 0.05) is 18.0 Å². The summed E-state index contributed by atoms with van der Waals surface area (Å²) in [6.45, 7) is 3.98. The van der Waals surface area contributed by atoms with E-state index in [9.17, 15) is 13.2 Å². The van der Waals surface area contributed by atoms with Crippen molar-refractivity contribution in [3.05, 3.63) is 47.3 Å². The van der Waals surface area contributed by atoms with Gasteiger partial charge in [-0.3, -0.25) is 4.98 Å². The highest BCUT2D eigenvalue weighted by atomic mass is 32.2. The number of pyridine rings is 1. The molecule has 3 rings (SSSR count). The maximum absolute atomic E-state index is 12.3. The van der Waals surface area contributed by atoms with Crippen molar-refractivity contribution in [1.82, 2.24) is 15.0 Å². The number of benzene rings is 1. The molecule has 0 saturated heterocycles. The summed E-state index contributed by atoms with van der Waals surface area (Å²) >= 11 is 1.45. The van der Waals surface area contributed by atoms with E-state index in [1.54, 1.807) is 0 Å². The number of aromatic nitrogens is 3. The van der Waals surface area contributed by atoms with Gasteiger partial charge >= 0.3 is 6.36 Å². The lowest BCUT2D eigenvalue weighted by Crippen LogP contribution is -2.16. The molecule has 0 unspecified atom stereocenters. The van der Waals surface area contributed by atoms with E-state index in [1.165, 1.54) is 30.0 Å². The highest BCUT2D eigenvalue weighted by Crippen LogP contribution is 2.28. The fourth-order valence-electron chi connectivity index (χ4n) is 2.26. The summed E-state index contributed by atoms with van der Waals surface area (Å²) in [7, 11) is 0. The average molecular weight is 353 g/mol. The Morgan fingerprint density at radius 1 is 1.21 bits per heavy atom. The molecular weight excluding hydrogens is 339 g/mol. The number of halogens is 3. The SMILES string of the molecule is Cc1cnc(CSc2nc3ccc(OC(F)(F)F)cc3[nH]2)c(C)c1. The Bertz CT molecular complexity index is 877. The summed E-state index contributed by atoms with van der Waals surface area (Å²) in [4.78, 5) is 11.7. The van der Waals surface area contributed by atoms with Gasteiger partial charge in [-0.05, 0) is 37.1 Å². The molecule has 0 amide bonds. The van der Waals surface area contributed by atoms with Gasteiger partial charge in [-0.1, -0.05) is 17.8 Å². The molecule has 0 aliphatic rings. The van der Waals surface area contributed by atoms with Crippen molar-refractivity contribution in [1.29, 1.82) is 0 Å². The molecule has 0 saturated carbocycles. The number of aromatic amines is 1. The summed E-state index contributed by atoms with van der Waals surface area (Å²) in [6.07, 6.45) is -2.90. The molecule has 0 aliphatic heterocycles. The van der Waals surface area contributed by atoms with Crippen LogP contribution in [0.2, 0.25) is 0 Å². The van der Waals surface area contributed by atoms with Crippen LogP contribution in [0.15, 0.2) is 35.6 Å². The largest absolute Gasteiger partial charge is 0.573 e. The fraction of sp³-hybridized carbons (Fsp3) is 0.250. The second kappa shape index (κ2) is 6.35. The number of hydrogen-bond acceptors (Lipinski definition) is 4. The first-order valence-electron chi connectivity index (χ1n) is 7.10. The minimum atomic E-state index is -4.71. The minimum Gasteiger partial charge on any atom is -0.406 e. The Kier molecular flexibility index (Phi) is 4.40. The topological polar surface area (TPSA) is 50.8 Å². The van der Waals surface area contributed by atoms with Gasteiger partial charge in [-0.15, -0.1) is 13.2 Å². The smallest absolute Gasteiger partial charge is 0.406 e. The lowest BCUT2D eigenvalue weighted by Gasteiger charge is -2.07. The zero-order chi connectivity index (χ0) is 17.3. The van der Waals surface area contributed by atoms with E-state index in [4.69, 9.17) is 0 Å². The monoisotopic (exact) mass is 353 g/mol. The zero-order valence-electron chi connectivity index (χ0n) is 12.9. The van der Waals surface area contributed by atoms with E-state index in [-0.39, 0.29) is 5.75 Å². The number of fused-ring (bicyclic) bond motifs is 1. The third kappa shape index (κ3) is 4.00. The van der Waals surface area contributed by atoms with Crippen molar-refractivity contribution in [3.63, 3.8) is 0 Å². The zero-order valence-corrected chi connectivity index (χ0v) is 13.8. The molecule has 0 bridgehead atoms. The summed E-state index contributed by atoms with van der Waals surface area (Å²) in [5, 5.41) is 0.621. The van der Waals surface area contributed by atoms with Crippen LogP contribution in [-0.4, -0.2) is 21.3 Å². The molecule has 2 heterocycles. The first kappa shape index (κ1) is 16.6. The number of aryl methyl sites for hydroxylation is 2. The van der Waals surface area contributed by atoms with Gasteiger partial charge in [-0.25, -0.2) is 4.98 Å². The van der Waals surface area contributed by atoms with Gasteiger partial charge in [-0.2, -0.15) is 0 Å². The van der Waals surface area contributed by atoms with E-state index in [1.807, 2.05) is 20.0 Å². The van der Waals surface area contributed by atoms with Crippen LogP contribution in [-0.2, 0) is 5.75 Å². The standard InChI is InChI=1S/C16H14F3N3OS/c1-9-5-10(2)14(20-7-9)8-24-15-21-12-4-3-11(6-13(12)22-15)23-16(17,18)19/h3-7H,8H2,1-2H3,(H,21,22). The number of ether oxygens (including phenoxy) is 1. The maximum Gasteiger partial charge on any atom is 0.573 e. The molecule has 3 aromatic rings. The lowest BCUT2D eigenvalue weighted by molar-refractivity contribution is -0.274. The van der Waals surface area contributed by atoms with Crippen molar-refractivity contribution < 1.29 is 17.9 Å². The summed E-state index contributed by atoms with van der Waals surface area (Å²) < 4.78 is 40.7. The lowest BCUT2D eigenvalue weighted by atomic mass is 10.2. The second-order valence-electron chi connectivity index (χ2n) is 5.33. The van der Waals surface area contributed by atoms with Gasteiger partial charge in [0.05, 0.1) is 16.7 Å². The van der Waals surface area contributed by atoms with E-state index in [0.717, 1.165) is 16.8 Å². The highest BCUT2D eigenvalue weighted by Gasteiger charge is 2.31. The number of nitrogens with zero attached hydrogens (tertiary/aromatic N) is 2. The van der Waals surface area contributed by atoms with Crippen LogP contribution in [0.4, 0.5) is 13.2 Å². The molecule has 1 N–H and O–H groups in total. The van der Waals surface area contributed by atoms with Crippen molar-refractivity contribution in [3.8, 4) is 5.75 Å². The van der Waals surface area contributed by atoms with Crippen LogP contribution in [0, 0.1) is 13.8 Å². The summed E-state index contributed by atoms with van der Waals surface area (Å²) in [5.41, 5.74) is 4.22. The highest BCUT2D eigenvalue weighted by molar-refractivity contribution is 7.98. The first-order chi connectivity index (χ1) is 11.3. The van der Waals surface area contributed by atoms with Crippen LogP contribution < -0.4 is 4.74 Å². The van der Waals surface area contributed by atoms with E-state index < -0.39 is 6.36 Å². The van der Waals surface area contributed by atoms with E-state index in [0.29, 0.717) is 21.9 Å². The van der Waals surface area contributed by atoms with Crippen molar-refractivity contribution in [2.75, 3.05) is 0 Å². The molecule has 0 radical (unpaired) electrons. The molecule has 0 spiro atoms.